The third-order valence-corrected chi connectivity index (χ3v) is 7.30. The Morgan fingerprint density at radius 2 is 1.97 bits per heavy atom. The number of aliphatic hydroxyl groups excluding tert-OH is 2. The molecule has 1 fully saturated rings. The zero-order valence-corrected chi connectivity index (χ0v) is 21.6. The molecule has 0 bridgehead atoms. The molecule has 0 radical (unpaired) electrons. The predicted octanol–water partition coefficient (Wildman–Crippen LogP) is 4.02. The fourth-order valence-corrected chi connectivity index (χ4v) is 5.89. The highest BCUT2D eigenvalue weighted by Gasteiger charge is 2.43. The molecule has 1 aromatic rings. The zero-order chi connectivity index (χ0) is 24.8. The molecule has 5 nitrogen and oxygen atoms in total. The zero-order valence-electron chi connectivity index (χ0n) is 21.6. The van der Waals surface area contributed by atoms with Gasteiger partial charge in [-0.25, -0.2) is 0 Å². The molecule has 1 aromatic carbocycles. The number of carbonyl (C=O) groups excluding carboxylic acids is 1. The van der Waals surface area contributed by atoms with E-state index < -0.39 is 6.10 Å². The second-order valence-corrected chi connectivity index (χ2v) is 10.8. The van der Waals surface area contributed by atoms with Gasteiger partial charge in [0.25, 0.3) is 0 Å². The summed E-state index contributed by atoms with van der Waals surface area (Å²) >= 11 is 0. The summed E-state index contributed by atoms with van der Waals surface area (Å²) in [6, 6.07) is 8.67. The molecule has 0 saturated heterocycles. The van der Waals surface area contributed by atoms with Gasteiger partial charge in [-0.3, -0.25) is 4.79 Å². The number of aryl methyl sites for hydroxylation is 1. The average molecular weight is 469 g/mol. The van der Waals surface area contributed by atoms with Crippen LogP contribution in [0.25, 0.3) is 0 Å². The lowest BCUT2D eigenvalue weighted by molar-refractivity contribution is -0.134. The molecule has 34 heavy (non-hydrogen) atoms. The van der Waals surface area contributed by atoms with E-state index in [0.717, 1.165) is 24.9 Å². The van der Waals surface area contributed by atoms with Crippen molar-refractivity contribution in [1.82, 2.24) is 10.2 Å². The van der Waals surface area contributed by atoms with Crippen molar-refractivity contribution in [3.63, 3.8) is 0 Å². The first-order valence-corrected chi connectivity index (χ1v) is 13.0. The van der Waals surface area contributed by atoms with Crippen LogP contribution in [0, 0.1) is 24.7 Å². The third kappa shape index (κ3) is 7.03. The van der Waals surface area contributed by atoms with Gasteiger partial charge in [0.05, 0.1) is 12.2 Å². The number of benzene rings is 1. The van der Waals surface area contributed by atoms with E-state index in [4.69, 9.17) is 0 Å². The number of aliphatic hydroxyl groups is 2. The Kier molecular flexibility index (Phi) is 9.52. The summed E-state index contributed by atoms with van der Waals surface area (Å²) in [5, 5.41) is 24.6. The van der Waals surface area contributed by atoms with E-state index in [1.807, 2.05) is 29.2 Å². The van der Waals surface area contributed by atoms with Gasteiger partial charge in [0.1, 0.15) is 0 Å². The van der Waals surface area contributed by atoms with Gasteiger partial charge in [0.15, 0.2) is 0 Å². The topological polar surface area (TPSA) is 72.8 Å². The molecule has 2 aliphatic carbocycles. The molecule has 0 spiro atoms. The van der Waals surface area contributed by atoms with E-state index in [-0.39, 0.29) is 30.0 Å². The maximum absolute atomic E-state index is 12.5. The molecule has 0 aromatic heterocycles. The number of amides is 1. The molecule has 3 N–H and O–H groups in total. The van der Waals surface area contributed by atoms with Crippen molar-refractivity contribution in [2.45, 2.75) is 84.6 Å². The number of nitrogens with zero attached hydrogens (tertiary/aromatic N) is 1. The molecule has 5 heteroatoms. The van der Waals surface area contributed by atoms with Crippen LogP contribution >= 0.6 is 0 Å². The Labute approximate surface area is 205 Å². The smallest absolute Gasteiger partial charge is 0.224 e. The van der Waals surface area contributed by atoms with Crippen LogP contribution in [0.5, 0.6) is 0 Å². The monoisotopic (exact) mass is 468 g/mol. The van der Waals surface area contributed by atoms with E-state index in [2.05, 4.69) is 58.1 Å². The summed E-state index contributed by atoms with van der Waals surface area (Å²) in [6.07, 6.45) is 8.21. The van der Waals surface area contributed by atoms with Crippen LogP contribution in [0.4, 0.5) is 0 Å². The lowest BCUT2D eigenvalue weighted by Crippen LogP contribution is -2.43. The van der Waals surface area contributed by atoms with Crippen LogP contribution in [0.1, 0.15) is 58.1 Å². The second-order valence-electron chi connectivity index (χ2n) is 10.8. The van der Waals surface area contributed by atoms with Gasteiger partial charge < -0.3 is 20.4 Å². The number of rotatable bonds is 11. The van der Waals surface area contributed by atoms with Crippen molar-refractivity contribution >= 4 is 5.91 Å². The van der Waals surface area contributed by atoms with E-state index in [1.54, 1.807) is 0 Å². The van der Waals surface area contributed by atoms with Gasteiger partial charge >= 0.3 is 0 Å². The van der Waals surface area contributed by atoms with Crippen LogP contribution in [0.2, 0.25) is 0 Å². The fraction of sp³-hybridized carbons (Fsp3) is 0.621. The van der Waals surface area contributed by atoms with Gasteiger partial charge in [-0.2, -0.15) is 0 Å². The number of carbonyl (C=O) groups is 1. The molecule has 5 atom stereocenters. The third-order valence-electron chi connectivity index (χ3n) is 7.30. The van der Waals surface area contributed by atoms with Gasteiger partial charge in [-0.15, -0.1) is 0 Å². The summed E-state index contributed by atoms with van der Waals surface area (Å²) in [5.74, 6) is 1.08. The Bertz CT molecular complexity index is 868. The van der Waals surface area contributed by atoms with Gasteiger partial charge in [-0.05, 0) is 64.9 Å². The Morgan fingerprint density at radius 1 is 1.24 bits per heavy atom. The summed E-state index contributed by atoms with van der Waals surface area (Å²) in [7, 11) is 0. The summed E-state index contributed by atoms with van der Waals surface area (Å²) in [4.78, 5) is 14.5. The molecule has 2 aliphatic rings. The number of nitrogens with one attached hydrogen (secondary N) is 1. The number of hydrogen-bond donors (Lipinski definition) is 3. The van der Waals surface area contributed by atoms with Gasteiger partial charge in [0, 0.05) is 43.9 Å². The largest absolute Gasteiger partial charge is 0.392 e. The second kappa shape index (κ2) is 12.1. The van der Waals surface area contributed by atoms with Gasteiger partial charge in [-0.1, -0.05) is 53.6 Å². The van der Waals surface area contributed by atoms with Crippen molar-refractivity contribution < 1.29 is 15.0 Å². The van der Waals surface area contributed by atoms with Gasteiger partial charge in [0.2, 0.25) is 5.91 Å². The minimum atomic E-state index is -0.544. The maximum atomic E-state index is 12.5. The predicted molar refractivity (Wildman–Crippen MR) is 138 cm³/mol. The minimum absolute atomic E-state index is 0.0816. The summed E-state index contributed by atoms with van der Waals surface area (Å²) in [6.45, 7) is 11.8. The van der Waals surface area contributed by atoms with Crippen LogP contribution in [-0.2, 0) is 11.2 Å². The Morgan fingerprint density at radius 3 is 2.65 bits per heavy atom. The first-order chi connectivity index (χ1) is 16.2. The number of hydrogen-bond acceptors (Lipinski definition) is 4. The van der Waals surface area contributed by atoms with Crippen LogP contribution in [0.3, 0.4) is 0 Å². The number of fused-ring (bicyclic) bond motifs is 1. The molecule has 188 valence electrons. The Balaban J connectivity index is 1.45. The molecule has 3 rings (SSSR count). The highest BCUT2D eigenvalue weighted by molar-refractivity contribution is 5.77. The van der Waals surface area contributed by atoms with E-state index in [0.29, 0.717) is 31.2 Å². The lowest BCUT2D eigenvalue weighted by Gasteiger charge is -2.31. The summed E-state index contributed by atoms with van der Waals surface area (Å²) < 4.78 is 0. The Hall–Kier alpha value is -1.95. The molecular formula is C29H44N2O3. The standard InChI is InChI=1S/C29H44N2O3/c1-19(2)31(20(3)4)29(34)11-12-30-18-23-14-24-17-28(33)26(27(24)16-23)10-9-25(32)15-22-8-6-7-21(5)13-22/h6-10,13-14,19-20,24-28,30,32-33H,11-12,15-18H2,1-5H3/t24-,25+,26+,27-,28+/m0/s1. The van der Waals surface area contributed by atoms with Crippen LogP contribution in [-0.4, -0.2) is 58.4 Å². The molecule has 0 heterocycles. The first-order valence-electron chi connectivity index (χ1n) is 13.0. The fourth-order valence-electron chi connectivity index (χ4n) is 5.89. The molecule has 1 amide bonds. The average Bonchev–Trinajstić information content (AvgIpc) is 3.25. The molecule has 1 saturated carbocycles. The molecular weight excluding hydrogens is 424 g/mol. The molecule has 0 unspecified atom stereocenters. The van der Waals surface area contributed by atoms with E-state index in [9.17, 15) is 15.0 Å². The van der Waals surface area contributed by atoms with E-state index in [1.165, 1.54) is 11.1 Å². The maximum Gasteiger partial charge on any atom is 0.224 e. The van der Waals surface area contributed by atoms with Crippen molar-refractivity contribution in [3.05, 3.63) is 59.2 Å². The SMILES string of the molecule is Cc1cccc(C[C@H](O)C=C[C@@H]2[C@H]3CC(CNCCC(=O)N(C(C)C)C(C)C)=C[C@H]3C[C@H]2O)c1. The lowest BCUT2D eigenvalue weighted by atomic mass is 9.89. The first kappa shape index (κ1) is 26.7. The normalized spacial score (nSPS) is 25.3. The van der Waals surface area contributed by atoms with Crippen molar-refractivity contribution in [2.24, 2.45) is 17.8 Å². The number of allylic oxidation sites excluding steroid dienone is 1. The quantitative estimate of drug-likeness (QED) is 0.339. The van der Waals surface area contributed by atoms with E-state index >= 15 is 0 Å². The summed E-state index contributed by atoms with van der Waals surface area (Å²) in [5.41, 5.74) is 3.70. The van der Waals surface area contributed by atoms with Crippen LogP contribution in [0.15, 0.2) is 48.1 Å². The van der Waals surface area contributed by atoms with Crippen molar-refractivity contribution in [2.75, 3.05) is 13.1 Å². The van der Waals surface area contributed by atoms with Crippen molar-refractivity contribution in [1.29, 1.82) is 0 Å². The molecule has 0 aliphatic heterocycles. The van der Waals surface area contributed by atoms with Crippen LogP contribution < -0.4 is 5.32 Å². The van der Waals surface area contributed by atoms with Crippen molar-refractivity contribution in [3.8, 4) is 0 Å². The highest BCUT2D eigenvalue weighted by atomic mass is 16.3. The minimum Gasteiger partial charge on any atom is -0.392 e. The highest BCUT2D eigenvalue weighted by Crippen LogP contribution is 2.47.